The van der Waals surface area contributed by atoms with Gasteiger partial charge in [-0.1, -0.05) is 0 Å². The van der Waals surface area contributed by atoms with E-state index in [1.165, 1.54) is 13.3 Å². The predicted octanol–water partition coefficient (Wildman–Crippen LogP) is 3.32. The van der Waals surface area contributed by atoms with Crippen LogP contribution in [-0.2, 0) is 9.59 Å². The van der Waals surface area contributed by atoms with E-state index in [1.54, 1.807) is 48.5 Å². The minimum Gasteiger partial charge on any atom is -0.376 e. The molecule has 0 aromatic heterocycles. The lowest BCUT2D eigenvalue weighted by molar-refractivity contribution is -0.115. The minimum absolute atomic E-state index is 0.0481. The Morgan fingerprint density at radius 1 is 0.793 bits per heavy atom. The van der Waals surface area contributed by atoms with Crippen LogP contribution in [0.3, 0.4) is 0 Å². The lowest BCUT2D eigenvalue weighted by Gasteiger charge is -2.26. The van der Waals surface area contributed by atoms with Gasteiger partial charge >= 0.3 is 0 Å². The number of amides is 3. The van der Waals surface area contributed by atoms with Crippen molar-refractivity contribution < 1.29 is 14.4 Å². The first-order valence-electron chi connectivity index (χ1n) is 9.82. The largest absolute Gasteiger partial charge is 0.376 e. The molecule has 0 saturated carbocycles. The highest BCUT2D eigenvalue weighted by Gasteiger charge is 2.17. The van der Waals surface area contributed by atoms with E-state index in [9.17, 15) is 14.4 Å². The fraction of sp³-hybridized carbons (Fsp3) is 0.318. The van der Waals surface area contributed by atoms with Gasteiger partial charge in [0.1, 0.15) is 0 Å². The monoisotopic (exact) mass is 394 g/mol. The van der Waals surface area contributed by atoms with E-state index in [0.29, 0.717) is 16.9 Å². The van der Waals surface area contributed by atoms with Gasteiger partial charge in [0.2, 0.25) is 11.8 Å². The molecule has 3 N–H and O–H groups in total. The van der Waals surface area contributed by atoms with Crippen LogP contribution in [0.4, 0.5) is 17.1 Å². The van der Waals surface area contributed by atoms with Crippen LogP contribution in [0, 0.1) is 0 Å². The van der Waals surface area contributed by atoms with Crippen LogP contribution in [0.1, 0.15) is 36.5 Å². The molecule has 2 aromatic rings. The van der Waals surface area contributed by atoms with Crippen molar-refractivity contribution in [2.45, 2.75) is 26.2 Å². The molecule has 1 aliphatic heterocycles. The molecule has 0 atom stereocenters. The fourth-order valence-corrected chi connectivity index (χ4v) is 3.24. The summed E-state index contributed by atoms with van der Waals surface area (Å²) in [6, 6.07) is 14.1. The first-order valence-corrected chi connectivity index (χ1v) is 9.82. The second-order valence-electron chi connectivity index (χ2n) is 7.09. The van der Waals surface area contributed by atoms with E-state index in [-0.39, 0.29) is 24.3 Å². The Hall–Kier alpha value is -3.35. The van der Waals surface area contributed by atoms with E-state index in [0.717, 1.165) is 31.6 Å². The molecule has 0 bridgehead atoms. The van der Waals surface area contributed by atoms with E-state index in [1.807, 2.05) is 4.90 Å². The van der Waals surface area contributed by atoms with Gasteiger partial charge in [-0.15, -0.1) is 0 Å². The molecule has 0 unspecified atom stereocenters. The fourth-order valence-electron chi connectivity index (χ4n) is 3.24. The number of rotatable bonds is 6. The summed E-state index contributed by atoms with van der Waals surface area (Å²) in [4.78, 5) is 37.6. The highest BCUT2D eigenvalue weighted by molar-refractivity contribution is 5.96. The third-order valence-electron chi connectivity index (χ3n) is 4.72. The van der Waals surface area contributed by atoms with Crippen molar-refractivity contribution in [2.75, 3.05) is 35.6 Å². The zero-order chi connectivity index (χ0) is 20.6. The standard InChI is InChI=1S/C22H26N4O3/c1-16(27)24-19-11-9-18(10-12-19)23-15-21(28)25-20-7-5-17(6-8-20)22(29)26-13-3-2-4-14-26/h5-12,23H,2-4,13-15H2,1H3,(H,24,27)(H,25,28). The Balaban J connectivity index is 1.47. The van der Waals surface area contributed by atoms with Crippen LogP contribution in [0.25, 0.3) is 0 Å². The molecule has 1 aliphatic rings. The van der Waals surface area contributed by atoms with Crippen molar-refractivity contribution in [2.24, 2.45) is 0 Å². The van der Waals surface area contributed by atoms with Crippen LogP contribution >= 0.6 is 0 Å². The van der Waals surface area contributed by atoms with Crippen LogP contribution in [-0.4, -0.2) is 42.3 Å². The maximum absolute atomic E-state index is 12.5. The number of hydrogen-bond acceptors (Lipinski definition) is 4. The maximum atomic E-state index is 12.5. The van der Waals surface area contributed by atoms with Gasteiger partial charge in [-0.2, -0.15) is 0 Å². The second kappa shape index (κ2) is 9.73. The Kier molecular flexibility index (Phi) is 6.84. The number of carbonyl (C=O) groups is 3. The summed E-state index contributed by atoms with van der Waals surface area (Å²) in [5.74, 6) is -0.272. The Morgan fingerprint density at radius 3 is 1.97 bits per heavy atom. The van der Waals surface area contributed by atoms with Gasteiger partial charge in [0, 0.05) is 42.6 Å². The van der Waals surface area contributed by atoms with Gasteiger partial charge < -0.3 is 20.9 Å². The Bertz CT molecular complexity index is 857. The van der Waals surface area contributed by atoms with Crippen molar-refractivity contribution in [3.05, 3.63) is 54.1 Å². The van der Waals surface area contributed by atoms with Crippen LogP contribution in [0.2, 0.25) is 0 Å². The van der Waals surface area contributed by atoms with Gasteiger partial charge in [-0.3, -0.25) is 14.4 Å². The van der Waals surface area contributed by atoms with E-state index < -0.39 is 0 Å². The zero-order valence-electron chi connectivity index (χ0n) is 16.5. The quantitative estimate of drug-likeness (QED) is 0.701. The number of nitrogens with zero attached hydrogens (tertiary/aromatic N) is 1. The number of benzene rings is 2. The van der Waals surface area contributed by atoms with Crippen molar-refractivity contribution in [1.82, 2.24) is 4.90 Å². The van der Waals surface area contributed by atoms with Gasteiger partial charge in [-0.25, -0.2) is 0 Å². The van der Waals surface area contributed by atoms with Gasteiger partial charge in [0.05, 0.1) is 6.54 Å². The molecule has 7 nitrogen and oxygen atoms in total. The third-order valence-corrected chi connectivity index (χ3v) is 4.72. The van der Waals surface area contributed by atoms with Crippen molar-refractivity contribution in [1.29, 1.82) is 0 Å². The normalized spacial score (nSPS) is 13.5. The van der Waals surface area contributed by atoms with Crippen LogP contribution < -0.4 is 16.0 Å². The van der Waals surface area contributed by atoms with Crippen molar-refractivity contribution in [3.63, 3.8) is 0 Å². The molecular formula is C22H26N4O3. The van der Waals surface area contributed by atoms with Crippen molar-refractivity contribution >= 4 is 34.8 Å². The molecule has 1 fully saturated rings. The van der Waals surface area contributed by atoms with Gasteiger partial charge in [0.25, 0.3) is 5.91 Å². The summed E-state index contributed by atoms with van der Waals surface area (Å²) in [7, 11) is 0. The van der Waals surface area contributed by atoms with Crippen LogP contribution in [0.5, 0.6) is 0 Å². The zero-order valence-corrected chi connectivity index (χ0v) is 16.5. The lowest BCUT2D eigenvalue weighted by atomic mass is 10.1. The smallest absolute Gasteiger partial charge is 0.253 e. The molecule has 152 valence electrons. The summed E-state index contributed by atoms with van der Waals surface area (Å²) >= 11 is 0. The number of hydrogen-bond donors (Lipinski definition) is 3. The molecule has 0 aliphatic carbocycles. The topological polar surface area (TPSA) is 90.5 Å². The first-order chi connectivity index (χ1) is 14.0. The number of anilines is 3. The first kappa shape index (κ1) is 20.4. The summed E-state index contributed by atoms with van der Waals surface area (Å²) in [5.41, 5.74) is 2.76. The highest BCUT2D eigenvalue weighted by Crippen LogP contribution is 2.16. The molecule has 3 rings (SSSR count). The van der Waals surface area contributed by atoms with E-state index >= 15 is 0 Å². The number of carbonyl (C=O) groups excluding carboxylic acids is 3. The molecule has 0 radical (unpaired) electrons. The summed E-state index contributed by atoms with van der Waals surface area (Å²) in [6.07, 6.45) is 3.30. The van der Waals surface area contributed by atoms with Gasteiger partial charge in [0.15, 0.2) is 0 Å². The molecule has 7 heteroatoms. The maximum Gasteiger partial charge on any atom is 0.253 e. The molecule has 2 aromatic carbocycles. The highest BCUT2D eigenvalue weighted by atomic mass is 16.2. The molecular weight excluding hydrogens is 368 g/mol. The molecule has 1 saturated heterocycles. The molecule has 1 heterocycles. The van der Waals surface area contributed by atoms with E-state index in [2.05, 4.69) is 16.0 Å². The summed E-state index contributed by atoms with van der Waals surface area (Å²) in [6.45, 7) is 3.18. The lowest BCUT2D eigenvalue weighted by Crippen LogP contribution is -2.35. The van der Waals surface area contributed by atoms with E-state index in [4.69, 9.17) is 0 Å². The van der Waals surface area contributed by atoms with Crippen molar-refractivity contribution in [3.8, 4) is 0 Å². The Labute approximate surface area is 170 Å². The number of nitrogens with one attached hydrogen (secondary N) is 3. The molecule has 0 spiro atoms. The Morgan fingerprint density at radius 2 is 1.34 bits per heavy atom. The molecule has 29 heavy (non-hydrogen) atoms. The minimum atomic E-state index is -0.189. The third kappa shape index (κ3) is 6.07. The summed E-state index contributed by atoms with van der Waals surface area (Å²) in [5, 5.41) is 8.53. The SMILES string of the molecule is CC(=O)Nc1ccc(NCC(=O)Nc2ccc(C(=O)N3CCCCC3)cc2)cc1. The average molecular weight is 394 g/mol. The predicted molar refractivity (Wildman–Crippen MR) is 114 cm³/mol. The summed E-state index contributed by atoms with van der Waals surface area (Å²) < 4.78 is 0. The number of piperidine rings is 1. The molecule has 3 amide bonds. The second-order valence-corrected chi connectivity index (χ2v) is 7.09. The van der Waals surface area contributed by atoms with Gasteiger partial charge in [-0.05, 0) is 67.8 Å². The van der Waals surface area contributed by atoms with Crippen LogP contribution in [0.15, 0.2) is 48.5 Å². The number of likely N-dealkylation sites (tertiary alicyclic amines) is 1. The average Bonchev–Trinajstić information content (AvgIpc) is 2.73.